The predicted octanol–water partition coefficient (Wildman–Crippen LogP) is 2.47. The van der Waals surface area contributed by atoms with Crippen LogP contribution >= 0.6 is 0 Å². The average molecular weight is 350 g/mol. The van der Waals surface area contributed by atoms with Crippen molar-refractivity contribution < 1.29 is 9.90 Å². The van der Waals surface area contributed by atoms with Gasteiger partial charge in [0.2, 0.25) is 0 Å². The van der Waals surface area contributed by atoms with Gasteiger partial charge in [-0.2, -0.15) is 0 Å². The quantitative estimate of drug-likeness (QED) is 0.771. The molecule has 0 aliphatic carbocycles. The second-order valence-corrected chi connectivity index (χ2v) is 7.02. The summed E-state index contributed by atoms with van der Waals surface area (Å²) in [6, 6.07) is 9.47. The van der Waals surface area contributed by atoms with Gasteiger partial charge >= 0.3 is 0 Å². The second-order valence-electron chi connectivity index (χ2n) is 7.02. The molecular weight excluding hydrogens is 328 g/mol. The first-order valence-electron chi connectivity index (χ1n) is 8.86. The van der Waals surface area contributed by atoms with Crippen molar-refractivity contribution in [3.05, 3.63) is 65.4 Å². The third kappa shape index (κ3) is 2.76. The number of amides is 1. The molecule has 0 aromatic carbocycles. The number of carbonyl (C=O) groups is 1. The minimum absolute atomic E-state index is 0.0383. The lowest BCUT2D eigenvalue weighted by Crippen LogP contribution is -2.45. The van der Waals surface area contributed by atoms with Gasteiger partial charge < -0.3 is 10.0 Å². The summed E-state index contributed by atoms with van der Waals surface area (Å²) < 4.78 is 1.87. The largest absolute Gasteiger partial charge is 0.383 e. The van der Waals surface area contributed by atoms with E-state index >= 15 is 0 Å². The van der Waals surface area contributed by atoms with E-state index in [2.05, 4.69) is 9.97 Å². The SMILES string of the molecule is Cc1ccc2nc(C)c(C(=O)N3CCC(O)(c4ccccn4)CC3)n2c1. The monoisotopic (exact) mass is 350 g/mol. The number of imidazole rings is 1. The van der Waals surface area contributed by atoms with Gasteiger partial charge in [0.25, 0.3) is 5.91 Å². The number of carbonyl (C=O) groups excluding carboxylic acids is 1. The van der Waals surface area contributed by atoms with E-state index < -0.39 is 5.60 Å². The van der Waals surface area contributed by atoms with Gasteiger partial charge in [0.05, 0.1) is 11.4 Å². The maximum atomic E-state index is 13.1. The molecule has 26 heavy (non-hydrogen) atoms. The van der Waals surface area contributed by atoms with Gasteiger partial charge in [0.1, 0.15) is 16.9 Å². The van der Waals surface area contributed by atoms with Crippen molar-refractivity contribution in [2.75, 3.05) is 13.1 Å². The first-order valence-corrected chi connectivity index (χ1v) is 8.86. The number of aromatic nitrogens is 3. The summed E-state index contributed by atoms with van der Waals surface area (Å²) in [6.07, 6.45) is 4.58. The van der Waals surface area contributed by atoms with Crippen molar-refractivity contribution in [2.45, 2.75) is 32.3 Å². The molecule has 4 heterocycles. The molecule has 3 aromatic heterocycles. The third-order valence-corrected chi connectivity index (χ3v) is 5.16. The number of likely N-dealkylation sites (tertiary alicyclic amines) is 1. The van der Waals surface area contributed by atoms with Crippen molar-refractivity contribution in [1.82, 2.24) is 19.3 Å². The Morgan fingerprint density at radius 2 is 1.92 bits per heavy atom. The molecule has 1 amide bonds. The van der Waals surface area contributed by atoms with E-state index in [9.17, 15) is 9.90 Å². The Balaban J connectivity index is 1.58. The van der Waals surface area contributed by atoms with E-state index in [-0.39, 0.29) is 5.91 Å². The van der Waals surface area contributed by atoms with E-state index in [1.165, 1.54) is 0 Å². The van der Waals surface area contributed by atoms with Crippen LogP contribution in [0.15, 0.2) is 42.7 Å². The molecule has 0 saturated carbocycles. The lowest BCUT2D eigenvalue weighted by molar-refractivity contribution is -0.0245. The number of aliphatic hydroxyl groups is 1. The normalized spacial score (nSPS) is 16.8. The van der Waals surface area contributed by atoms with Gasteiger partial charge in [0, 0.05) is 25.5 Å². The van der Waals surface area contributed by atoms with Gasteiger partial charge in [-0.1, -0.05) is 12.1 Å². The van der Waals surface area contributed by atoms with Crippen molar-refractivity contribution in [3.8, 4) is 0 Å². The lowest BCUT2D eigenvalue weighted by atomic mass is 9.87. The van der Waals surface area contributed by atoms with Gasteiger partial charge in [-0.15, -0.1) is 0 Å². The van der Waals surface area contributed by atoms with Gasteiger partial charge in [-0.25, -0.2) is 4.98 Å². The molecule has 6 nitrogen and oxygen atoms in total. The van der Waals surface area contributed by atoms with E-state index in [4.69, 9.17) is 0 Å². The molecule has 0 unspecified atom stereocenters. The smallest absolute Gasteiger partial charge is 0.272 e. The first-order chi connectivity index (χ1) is 12.5. The molecular formula is C20H22N4O2. The number of hydrogen-bond acceptors (Lipinski definition) is 4. The summed E-state index contributed by atoms with van der Waals surface area (Å²) in [6.45, 7) is 4.84. The lowest BCUT2D eigenvalue weighted by Gasteiger charge is -2.37. The molecule has 1 saturated heterocycles. The number of rotatable bonds is 2. The Morgan fingerprint density at radius 1 is 1.15 bits per heavy atom. The Labute approximate surface area is 152 Å². The van der Waals surface area contributed by atoms with E-state index in [1.54, 1.807) is 11.1 Å². The number of piperidine rings is 1. The van der Waals surface area contributed by atoms with Crippen molar-refractivity contribution >= 4 is 11.6 Å². The van der Waals surface area contributed by atoms with Gasteiger partial charge in [0.15, 0.2) is 0 Å². The molecule has 6 heteroatoms. The van der Waals surface area contributed by atoms with Crippen molar-refractivity contribution in [1.29, 1.82) is 0 Å². The summed E-state index contributed by atoms with van der Waals surface area (Å²) in [5, 5.41) is 10.9. The summed E-state index contributed by atoms with van der Waals surface area (Å²) >= 11 is 0. The van der Waals surface area contributed by atoms with Crippen LogP contribution in [-0.2, 0) is 5.60 Å². The Kier molecular flexibility index (Phi) is 4.00. The maximum Gasteiger partial charge on any atom is 0.272 e. The van der Waals surface area contributed by atoms with Crippen molar-refractivity contribution in [3.63, 3.8) is 0 Å². The number of fused-ring (bicyclic) bond motifs is 1. The fourth-order valence-corrected chi connectivity index (χ4v) is 3.65. The van der Waals surface area contributed by atoms with Crippen LogP contribution in [0.5, 0.6) is 0 Å². The third-order valence-electron chi connectivity index (χ3n) is 5.16. The molecule has 1 fully saturated rings. The number of nitrogens with zero attached hydrogens (tertiary/aromatic N) is 4. The van der Waals surface area contributed by atoms with Crippen LogP contribution in [-0.4, -0.2) is 43.4 Å². The van der Waals surface area contributed by atoms with Gasteiger partial charge in [-0.3, -0.25) is 14.2 Å². The van der Waals surface area contributed by atoms with Gasteiger partial charge in [-0.05, 0) is 50.5 Å². The van der Waals surface area contributed by atoms with Crippen LogP contribution in [0.3, 0.4) is 0 Å². The number of hydrogen-bond donors (Lipinski definition) is 1. The highest BCUT2D eigenvalue weighted by Crippen LogP contribution is 2.32. The standard InChI is InChI=1S/C20H22N4O2/c1-14-6-7-17-22-15(2)18(24(17)13-14)19(25)23-11-8-20(26,9-12-23)16-5-3-4-10-21-16/h3-7,10,13,26H,8-9,11-12H2,1-2H3. The highest BCUT2D eigenvalue weighted by atomic mass is 16.3. The summed E-state index contributed by atoms with van der Waals surface area (Å²) in [5.74, 6) is -0.0383. The Hall–Kier alpha value is -2.73. The average Bonchev–Trinajstić information content (AvgIpc) is 2.97. The zero-order valence-corrected chi connectivity index (χ0v) is 15.0. The summed E-state index contributed by atoms with van der Waals surface area (Å²) in [4.78, 5) is 23.7. The molecule has 0 atom stereocenters. The molecule has 1 aliphatic rings. The maximum absolute atomic E-state index is 13.1. The second kappa shape index (κ2) is 6.21. The minimum Gasteiger partial charge on any atom is -0.383 e. The van der Waals surface area contributed by atoms with Crippen LogP contribution in [0.4, 0.5) is 0 Å². The Morgan fingerprint density at radius 3 is 2.62 bits per heavy atom. The molecule has 0 bridgehead atoms. The molecule has 1 N–H and O–H groups in total. The topological polar surface area (TPSA) is 70.7 Å². The first kappa shape index (κ1) is 16.7. The van der Waals surface area contributed by atoms with Crippen LogP contribution in [0.1, 0.15) is 40.3 Å². The van der Waals surface area contributed by atoms with Crippen LogP contribution in [0.2, 0.25) is 0 Å². The molecule has 1 aliphatic heterocycles. The zero-order chi connectivity index (χ0) is 18.3. The van der Waals surface area contributed by atoms with Crippen molar-refractivity contribution in [2.24, 2.45) is 0 Å². The molecule has 134 valence electrons. The van der Waals surface area contributed by atoms with E-state index in [0.29, 0.717) is 37.3 Å². The molecule has 4 rings (SSSR count). The number of aryl methyl sites for hydroxylation is 2. The van der Waals surface area contributed by atoms with E-state index in [1.807, 2.05) is 54.8 Å². The fourth-order valence-electron chi connectivity index (χ4n) is 3.65. The minimum atomic E-state index is -0.969. The number of pyridine rings is 2. The van der Waals surface area contributed by atoms with E-state index in [0.717, 1.165) is 16.9 Å². The zero-order valence-electron chi connectivity index (χ0n) is 15.0. The highest BCUT2D eigenvalue weighted by molar-refractivity contribution is 5.94. The molecule has 3 aromatic rings. The predicted molar refractivity (Wildman–Crippen MR) is 97.9 cm³/mol. The highest BCUT2D eigenvalue weighted by Gasteiger charge is 2.37. The molecule has 0 radical (unpaired) electrons. The summed E-state index contributed by atoms with van der Waals surface area (Å²) in [7, 11) is 0. The molecule has 0 spiro atoms. The summed E-state index contributed by atoms with van der Waals surface area (Å²) in [5.41, 5.74) is 2.89. The van der Waals surface area contributed by atoms with Crippen LogP contribution in [0.25, 0.3) is 5.65 Å². The van der Waals surface area contributed by atoms with Crippen LogP contribution < -0.4 is 0 Å². The Bertz CT molecular complexity index is 957. The fraction of sp³-hybridized carbons (Fsp3) is 0.350. The van der Waals surface area contributed by atoms with Crippen LogP contribution in [0, 0.1) is 13.8 Å².